The van der Waals surface area contributed by atoms with Gasteiger partial charge in [0.25, 0.3) is 0 Å². The predicted molar refractivity (Wildman–Crippen MR) is 82.7 cm³/mol. The number of aryl methyl sites for hydroxylation is 1. The van der Waals surface area contributed by atoms with E-state index in [0.717, 1.165) is 16.9 Å². The molecule has 0 saturated carbocycles. The second-order valence-electron chi connectivity index (χ2n) is 5.18. The average molecular weight is 293 g/mol. The van der Waals surface area contributed by atoms with Gasteiger partial charge in [-0.05, 0) is 26.8 Å². The van der Waals surface area contributed by atoms with Crippen molar-refractivity contribution in [3.8, 4) is 6.07 Å². The molecule has 0 aliphatic rings. The maximum atomic E-state index is 8.84. The summed E-state index contributed by atoms with van der Waals surface area (Å²) in [5.74, 6) is 2.26. The third-order valence-corrected chi connectivity index (χ3v) is 3.28. The van der Waals surface area contributed by atoms with Crippen LogP contribution in [0.2, 0.25) is 0 Å². The Kier molecular flexibility index (Phi) is 3.43. The lowest BCUT2D eigenvalue weighted by atomic mass is 10.3. The summed E-state index contributed by atoms with van der Waals surface area (Å²) < 4.78 is 2.16. The van der Waals surface area contributed by atoms with Gasteiger partial charge in [-0.15, -0.1) is 0 Å². The number of pyridine rings is 1. The fourth-order valence-corrected chi connectivity index (χ4v) is 2.45. The summed E-state index contributed by atoms with van der Waals surface area (Å²) >= 11 is 0. The standard InChI is InChI=1S/C15H15N7/c1-9(2)22-10(3)19-11-8-18-14(6-12(11)22)20-13-4-5-17-15(7-16)21-13/h4-6,8-9H,1-3H3,(H,17,18,20,21). The first-order chi connectivity index (χ1) is 10.6. The number of fused-ring (bicyclic) bond motifs is 1. The first-order valence-electron chi connectivity index (χ1n) is 6.93. The first kappa shape index (κ1) is 13.9. The molecular weight excluding hydrogens is 278 g/mol. The number of hydrogen-bond acceptors (Lipinski definition) is 6. The molecule has 0 atom stereocenters. The highest BCUT2D eigenvalue weighted by Gasteiger charge is 2.11. The Bertz CT molecular complexity index is 873. The van der Waals surface area contributed by atoms with Crippen molar-refractivity contribution in [3.05, 3.63) is 36.2 Å². The van der Waals surface area contributed by atoms with Crippen LogP contribution in [0.1, 0.15) is 31.5 Å². The highest BCUT2D eigenvalue weighted by atomic mass is 15.1. The van der Waals surface area contributed by atoms with Crippen molar-refractivity contribution >= 4 is 22.7 Å². The van der Waals surface area contributed by atoms with Crippen LogP contribution in [0.5, 0.6) is 0 Å². The van der Waals surface area contributed by atoms with Gasteiger partial charge in [0, 0.05) is 18.3 Å². The molecule has 22 heavy (non-hydrogen) atoms. The van der Waals surface area contributed by atoms with Gasteiger partial charge in [-0.2, -0.15) is 5.26 Å². The molecule has 0 bridgehead atoms. The monoisotopic (exact) mass is 293 g/mol. The molecule has 0 radical (unpaired) electrons. The minimum atomic E-state index is 0.120. The first-order valence-corrected chi connectivity index (χ1v) is 6.93. The SMILES string of the molecule is Cc1nc2cnc(Nc3ccnc(C#N)n3)cc2n1C(C)C. The number of rotatable bonds is 3. The van der Waals surface area contributed by atoms with Crippen molar-refractivity contribution < 1.29 is 0 Å². The van der Waals surface area contributed by atoms with Gasteiger partial charge in [-0.25, -0.2) is 19.9 Å². The zero-order valence-corrected chi connectivity index (χ0v) is 12.6. The van der Waals surface area contributed by atoms with Crippen LogP contribution in [0.15, 0.2) is 24.5 Å². The van der Waals surface area contributed by atoms with Crippen molar-refractivity contribution in [3.63, 3.8) is 0 Å². The number of nitriles is 1. The van der Waals surface area contributed by atoms with E-state index in [2.05, 4.69) is 43.7 Å². The zero-order chi connectivity index (χ0) is 15.7. The van der Waals surface area contributed by atoms with Gasteiger partial charge in [0.2, 0.25) is 5.82 Å². The van der Waals surface area contributed by atoms with Crippen LogP contribution in [-0.2, 0) is 0 Å². The van der Waals surface area contributed by atoms with Gasteiger partial charge >= 0.3 is 0 Å². The molecule has 0 fully saturated rings. The quantitative estimate of drug-likeness (QED) is 0.798. The molecule has 110 valence electrons. The normalized spacial score (nSPS) is 10.9. The van der Waals surface area contributed by atoms with Crippen molar-refractivity contribution in [1.82, 2.24) is 24.5 Å². The van der Waals surface area contributed by atoms with Crippen LogP contribution >= 0.6 is 0 Å². The average Bonchev–Trinajstić information content (AvgIpc) is 2.82. The smallest absolute Gasteiger partial charge is 0.234 e. The molecule has 3 rings (SSSR count). The van der Waals surface area contributed by atoms with E-state index in [1.807, 2.05) is 19.1 Å². The number of nitrogens with one attached hydrogen (secondary N) is 1. The van der Waals surface area contributed by atoms with Crippen LogP contribution in [0.4, 0.5) is 11.6 Å². The predicted octanol–water partition coefficient (Wildman–Crippen LogP) is 2.73. The topological polar surface area (TPSA) is 92.3 Å². The zero-order valence-electron chi connectivity index (χ0n) is 12.6. The molecular formula is C15H15N7. The molecule has 7 heteroatoms. The number of nitrogens with zero attached hydrogens (tertiary/aromatic N) is 6. The largest absolute Gasteiger partial charge is 0.326 e. The Labute approximate surface area is 127 Å². The molecule has 3 aromatic heterocycles. The van der Waals surface area contributed by atoms with Crippen molar-refractivity contribution in [1.29, 1.82) is 5.26 Å². The minimum absolute atomic E-state index is 0.120. The summed E-state index contributed by atoms with van der Waals surface area (Å²) in [4.78, 5) is 16.8. The molecule has 3 aromatic rings. The third-order valence-electron chi connectivity index (χ3n) is 3.28. The molecule has 1 N–H and O–H groups in total. The summed E-state index contributed by atoms with van der Waals surface area (Å²) in [7, 11) is 0. The number of hydrogen-bond donors (Lipinski definition) is 1. The van der Waals surface area contributed by atoms with Crippen molar-refractivity contribution in [2.75, 3.05) is 5.32 Å². The molecule has 0 saturated heterocycles. The maximum absolute atomic E-state index is 8.84. The molecule has 0 amide bonds. The summed E-state index contributed by atoms with van der Waals surface area (Å²) in [6, 6.07) is 5.85. The molecule has 3 heterocycles. The van der Waals surface area contributed by atoms with E-state index in [9.17, 15) is 0 Å². The number of imidazole rings is 1. The van der Waals surface area contributed by atoms with Gasteiger partial charge in [-0.3, -0.25) is 0 Å². The summed E-state index contributed by atoms with van der Waals surface area (Å²) in [5, 5.41) is 11.9. The van der Waals surface area contributed by atoms with E-state index >= 15 is 0 Å². The van der Waals surface area contributed by atoms with Crippen LogP contribution < -0.4 is 5.32 Å². The van der Waals surface area contributed by atoms with Gasteiger partial charge in [0.05, 0.1) is 11.7 Å². The van der Waals surface area contributed by atoms with Crippen LogP contribution in [0, 0.1) is 18.3 Å². The van der Waals surface area contributed by atoms with Gasteiger partial charge in [0.1, 0.15) is 29.0 Å². The van der Waals surface area contributed by atoms with Crippen molar-refractivity contribution in [2.45, 2.75) is 26.8 Å². The number of anilines is 2. The Morgan fingerprint density at radius 1 is 1.23 bits per heavy atom. The van der Waals surface area contributed by atoms with E-state index in [0.29, 0.717) is 17.7 Å². The summed E-state index contributed by atoms with van der Waals surface area (Å²) in [6.07, 6.45) is 3.27. The second kappa shape index (κ2) is 5.41. The summed E-state index contributed by atoms with van der Waals surface area (Å²) in [5.41, 5.74) is 1.87. The lowest BCUT2D eigenvalue weighted by Gasteiger charge is -2.11. The van der Waals surface area contributed by atoms with Crippen molar-refractivity contribution in [2.24, 2.45) is 0 Å². The Morgan fingerprint density at radius 2 is 2.05 bits per heavy atom. The molecule has 0 spiro atoms. The Hall–Kier alpha value is -3.01. The molecule has 0 aliphatic carbocycles. The molecule has 0 aromatic carbocycles. The van der Waals surface area contributed by atoms with E-state index in [4.69, 9.17) is 5.26 Å². The lowest BCUT2D eigenvalue weighted by Crippen LogP contribution is -2.03. The van der Waals surface area contributed by atoms with E-state index in [1.54, 1.807) is 12.3 Å². The van der Waals surface area contributed by atoms with Gasteiger partial charge in [-0.1, -0.05) is 0 Å². The maximum Gasteiger partial charge on any atom is 0.234 e. The second-order valence-corrected chi connectivity index (χ2v) is 5.18. The van der Waals surface area contributed by atoms with Gasteiger partial charge in [0.15, 0.2) is 0 Å². The highest BCUT2D eigenvalue weighted by molar-refractivity contribution is 5.79. The number of aromatic nitrogens is 5. The fourth-order valence-electron chi connectivity index (χ4n) is 2.45. The van der Waals surface area contributed by atoms with Crippen LogP contribution in [0.25, 0.3) is 11.0 Å². The van der Waals surface area contributed by atoms with E-state index in [1.165, 1.54) is 6.20 Å². The minimum Gasteiger partial charge on any atom is -0.326 e. The Morgan fingerprint density at radius 3 is 2.77 bits per heavy atom. The molecule has 0 aliphatic heterocycles. The third kappa shape index (κ3) is 2.46. The fraction of sp³-hybridized carbons (Fsp3) is 0.267. The highest BCUT2D eigenvalue weighted by Crippen LogP contribution is 2.23. The summed E-state index contributed by atoms with van der Waals surface area (Å²) in [6.45, 7) is 6.22. The lowest BCUT2D eigenvalue weighted by molar-refractivity contribution is 0.600. The molecule has 0 unspecified atom stereocenters. The van der Waals surface area contributed by atoms with Crippen LogP contribution in [0.3, 0.4) is 0 Å². The van der Waals surface area contributed by atoms with Crippen LogP contribution in [-0.4, -0.2) is 24.5 Å². The Balaban J connectivity index is 2.01. The molecule has 7 nitrogen and oxygen atoms in total. The van der Waals surface area contributed by atoms with E-state index < -0.39 is 0 Å². The van der Waals surface area contributed by atoms with E-state index in [-0.39, 0.29) is 5.82 Å². The van der Waals surface area contributed by atoms with Gasteiger partial charge < -0.3 is 9.88 Å².